The minimum atomic E-state index is -0.844. The van der Waals surface area contributed by atoms with E-state index in [4.69, 9.17) is 4.74 Å². The van der Waals surface area contributed by atoms with Crippen molar-refractivity contribution in [3.63, 3.8) is 0 Å². The molecule has 0 aromatic rings. The van der Waals surface area contributed by atoms with Crippen LogP contribution in [-0.4, -0.2) is 47.4 Å². The fourth-order valence-corrected chi connectivity index (χ4v) is 9.21. The summed E-state index contributed by atoms with van der Waals surface area (Å²) in [5.41, 5.74) is 0. The van der Waals surface area contributed by atoms with E-state index in [0.29, 0.717) is 19.4 Å². The first-order valence-corrected chi connectivity index (χ1v) is 30.3. The minimum absolute atomic E-state index is 0.00538. The molecule has 68 heavy (non-hydrogen) atoms. The lowest BCUT2D eigenvalue weighted by Gasteiger charge is -2.20. The van der Waals surface area contributed by atoms with Crippen LogP contribution in [0.4, 0.5) is 0 Å². The van der Waals surface area contributed by atoms with Gasteiger partial charge in [-0.1, -0.05) is 262 Å². The molecule has 0 aromatic carbocycles. The molecule has 0 saturated heterocycles. The fourth-order valence-electron chi connectivity index (χ4n) is 9.21. The molecule has 0 radical (unpaired) electrons. The summed E-state index contributed by atoms with van der Waals surface area (Å²) in [6.07, 6.45) is 71.9. The van der Waals surface area contributed by atoms with Gasteiger partial charge in [0, 0.05) is 12.8 Å². The molecule has 6 nitrogen and oxygen atoms in total. The average molecular weight is 957 g/mol. The number of aliphatic hydroxyl groups excluding tert-OH is 2. The van der Waals surface area contributed by atoms with Gasteiger partial charge in [-0.15, -0.1) is 0 Å². The van der Waals surface area contributed by atoms with Crippen molar-refractivity contribution in [3.8, 4) is 0 Å². The summed E-state index contributed by atoms with van der Waals surface area (Å²) in [5, 5.41) is 23.0. The monoisotopic (exact) mass is 956 g/mol. The number of nitrogens with one attached hydrogen (secondary N) is 1. The molecule has 0 fully saturated rings. The van der Waals surface area contributed by atoms with E-state index in [-0.39, 0.29) is 18.5 Å². The maximum Gasteiger partial charge on any atom is 0.305 e. The topological polar surface area (TPSA) is 95.9 Å². The van der Waals surface area contributed by atoms with Crippen molar-refractivity contribution >= 4 is 11.9 Å². The molecule has 0 bridgehead atoms. The van der Waals surface area contributed by atoms with Crippen LogP contribution in [0, 0.1) is 0 Å². The number of aliphatic hydroxyl groups is 2. The number of allylic oxidation sites excluding steroid dienone is 5. The summed E-state index contributed by atoms with van der Waals surface area (Å²) in [6.45, 7) is 4.88. The van der Waals surface area contributed by atoms with Crippen LogP contribution in [0.15, 0.2) is 36.5 Å². The van der Waals surface area contributed by atoms with Crippen molar-refractivity contribution in [2.45, 2.75) is 334 Å². The number of hydrogen-bond acceptors (Lipinski definition) is 5. The van der Waals surface area contributed by atoms with Gasteiger partial charge in [0.25, 0.3) is 0 Å². The molecule has 0 saturated carbocycles. The van der Waals surface area contributed by atoms with Gasteiger partial charge in [0.15, 0.2) is 0 Å². The highest BCUT2D eigenvalue weighted by Gasteiger charge is 2.18. The molecule has 3 N–H and O–H groups in total. The summed E-state index contributed by atoms with van der Waals surface area (Å²) in [4.78, 5) is 24.5. The van der Waals surface area contributed by atoms with Crippen LogP contribution in [0.5, 0.6) is 0 Å². The van der Waals surface area contributed by atoms with Gasteiger partial charge in [-0.25, -0.2) is 0 Å². The highest BCUT2D eigenvalue weighted by Crippen LogP contribution is 2.16. The number of unbranched alkanes of at least 4 members (excludes halogenated alkanes) is 41. The van der Waals surface area contributed by atoms with E-state index in [9.17, 15) is 19.8 Å². The average Bonchev–Trinajstić information content (AvgIpc) is 3.34. The third-order valence-electron chi connectivity index (χ3n) is 13.9. The van der Waals surface area contributed by atoms with Gasteiger partial charge in [-0.05, 0) is 83.5 Å². The zero-order valence-electron chi connectivity index (χ0n) is 45.6. The number of carbonyl (C=O) groups is 2. The standard InChI is InChI=1S/C62H117NO5/c1-3-5-7-9-11-13-15-16-17-30-33-36-40-44-48-52-56-62(67)68-57-53-49-45-41-37-34-31-28-26-24-22-20-18-19-21-23-25-27-29-32-35-39-43-47-51-55-61(66)63-59(58-64)60(65)54-50-46-42-38-14-12-10-8-6-4-2/h17,19,21,30,50,54,59-60,64-65H,3-16,18,20,22-29,31-49,51-53,55-58H2,1-2H3,(H,63,66)/b21-19-,30-17-,54-50+. The minimum Gasteiger partial charge on any atom is -0.466 e. The summed E-state index contributed by atoms with van der Waals surface area (Å²) < 4.78 is 5.48. The lowest BCUT2D eigenvalue weighted by Crippen LogP contribution is -2.45. The van der Waals surface area contributed by atoms with Crippen LogP contribution in [0.3, 0.4) is 0 Å². The highest BCUT2D eigenvalue weighted by atomic mass is 16.5. The van der Waals surface area contributed by atoms with Gasteiger partial charge in [0.05, 0.1) is 25.4 Å². The Bertz CT molecular complexity index is 1100. The summed E-state index contributed by atoms with van der Waals surface area (Å²) in [5.74, 6) is -0.0675. The van der Waals surface area contributed by atoms with Crippen LogP contribution < -0.4 is 5.32 Å². The molecular formula is C62H117NO5. The predicted octanol–water partition coefficient (Wildman–Crippen LogP) is 18.8. The second-order valence-corrected chi connectivity index (χ2v) is 20.7. The maximum atomic E-state index is 12.4. The van der Waals surface area contributed by atoms with Gasteiger partial charge in [0.1, 0.15) is 0 Å². The van der Waals surface area contributed by atoms with E-state index in [1.54, 1.807) is 6.08 Å². The van der Waals surface area contributed by atoms with Crippen molar-refractivity contribution in [2.24, 2.45) is 0 Å². The van der Waals surface area contributed by atoms with E-state index in [0.717, 1.165) is 44.9 Å². The smallest absolute Gasteiger partial charge is 0.305 e. The molecule has 0 aliphatic heterocycles. The number of esters is 1. The Balaban J connectivity index is 3.39. The molecule has 2 unspecified atom stereocenters. The molecule has 6 heteroatoms. The number of carbonyl (C=O) groups excluding carboxylic acids is 2. The normalized spacial score (nSPS) is 12.8. The second kappa shape index (κ2) is 57.7. The van der Waals surface area contributed by atoms with Gasteiger partial charge in [0.2, 0.25) is 5.91 Å². The molecule has 0 aliphatic rings. The van der Waals surface area contributed by atoms with Crippen LogP contribution in [0.2, 0.25) is 0 Å². The van der Waals surface area contributed by atoms with Crippen molar-refractivity contribution in [1.82, 2.24) is 5.32 Å². The van der Waals surface area contributed by atoms with E-state index in [2.05, 4.69) is 43.5 Å². The van der Waals surface area contributed by atoms with Crippen molar-refractivity contribution in [3.05, 3.63) is 36.5 Å². The Kier molecular flexibility index (Phi) is 56.0. The summed E-state index contributed by atoms with van der Waals surface area (Å²) in [7, 11) is 0. The lowest BCUT2D eigenvalue weighted by molar-refractivity contribution is -0.143. The number of ether oxygens (including phenoxy) is 1. The van der Waals surface area contributed by atoms with Gasteiger partial charge >= 0.3 is 5.97 Å². The Labute approximate surface area is 424 Å². The van der Waals surface area contributed by atoms with Crippen molar-refractivity contribution in [1.29, 1.82) is 0 Å². The maximum absolute atomic E-state index is 12.4. The molecule has 400 valence electrons. The van der Waals surface area contributed by atoms with Crippen molar-refractivity contribution in [2.75, 3.05) is 13.2 Å². The zero-order chi connectivity index (χ0) is 49.3. The summed E-state index contributed by atoms with van der Waals surface area (Å²) in [6, 6.07) is -0.628. The lowest BCUT2D eigenvalue weighted by atomic mass is 10.0. The summed E-state index contributed by atoms with van der Waals surface area (Å²) >= 11 is 0. The predicted molar refractivity (Wildman–Crippen MR) is 296 cm³/mol. The van der Waals surface area contributed by atoms with Crippen molar-refractivity contribution < 1.29 is 24.5 Å². The number of hydrogen-bond donors (Lipinski definition) is 3. The Hall–Kier alpha value is -1.92. The Morgan fingerprint density at radius 1 is 0.397 bits per heavy atom. The third kappa shape index (κ3) is 53.4. The highest BCUT2D eigenvalue weighted by molar-refractivity contribution is 5.76. The van der Waals surface area contributed by atoms with Gasteiger partial charge in [-0.2, -0.15) is 0 Å². The Morgan fingerprint density at radius 3 is 1.04 bits per heavy atom. The molecular weight excluding hydrogens is 839 g/mol. The van der Waals surface area contributed by atoms with Gasteiger partial charge < -0.3 is 20.3 Å². The molecule has 0 heterocycles. The third-order valence-corrected chi connectivity index (χ3v) is 13.9. The zero-order valence-corrected chi connectivity index (χ0v) is 45.6. The van der Waals surface area contributed by atoms with E-state index >= 15 is 0 Å². The van der Waals surface area contributed by atoms with Crippen LogP contribution in [-0.2, 0) is 14.3 Å². The first-order valence-electron chi connectivity index (χ1n) is 30.3. The van der Waals surface area contributed by atoms with E-state index < -0.39 is 12.1 Å². The Morgan fingerprint density at radius 2 is 0.691 bits per heavy atom. The molecule has 1 amide bonds. The second-order valence-electron chi connectivity index (χ2n) is 20.7. The first kappa shape index (κ1) is 66.1. The molecule has 2 atom stereocenters. The molecule has 0 rings (SSSR count). The van der Waals surface area contributed by atoms with Crippen LogP contribution in [0.1, 0.15) is 322 Å². The van der Waals surface area contributed by atoms with Crippen LogP contribution >= 0.6 is 0 Å². The van der Waals surface area contributed by atoms with Gasteiger partial charge in [-0.3, -0.25) is 9.59 Å². The fraction of sp³-hybridized carbons (Fsp3) is 0.871. The van der Waals surface area contributed by atoms with E-state index in [1.807, 2.05) is 6.08 Å². The SMILES string of the molecule is CCCCCCCCC/C=C\CCCCCCCC(=O)OCCCCCCCCCCCCCC/C=C\CCCCCCCCCCCC(=O)NC(CO)C(O)/C=C/CCCCCCCCCC. The number of amides is 1. The quantitative estimate of drug-likeness (QED) is 0.0321. The van der Waals surface area contributed by atoms with E-state index in [1.165, 1.54) is 250 Å². The molecule has 0 aliphatic carbocycles. The number of rotatable bonds is 56. The molecule has 0 aromatic heterocycles. The molecule has 0 spiro atoms. The first-order chi connectivity index (χ1) is 33.5. The van der Waals surface area contributed by atoms with Crippen LogP contribution in [0.25, 0.3) is 0 Å². The largest absolute Gasteiger partial charge is 0.466 e.